The molecule has 2 heterocycles. The van der Waals surface area contributed by atoms with Crippen molar-refractivity contribution in [2.75, 3.05) is 13.1 Å². The highest BCUT2D eigenvalue weighted by molar-refractivity contribution is 5.95. The smallest absolute Gasteiger partial charge is 0.274 e. The number of carbonyl (C=O) groups excluding carboxylic acids is 2. The van der Waals surface area contributed by atoms with Crippen molar-refractivity contribution in [3.8, 4) is 0 Å². The fourth-order valence-corrected chi connectivity index (χ4v) is 2.19. The van der Waals surface area contributed by atoms with Crippen LogP contribution in [-0.4, -0.2) is 41.0 Å². The Bertz CT molecular complexity index is 463. The van der Waals surface area contributed by atoms with Gasteiger partial charge in [0.2, 0.25) is 5.91 Å². The van der Waals surface area contributed by atoms with Crippen LogP contribution in [0.2, 0.25) is 0 Å². The molecule has 0 radical (unpaired) electrons. The number of piperidine rings is 1. The van der Waals surface area contributed by atoms with Gasteiger partial charge >= 0.3 is 0 Å². The fourth-order valence-electron chi connectivity index (χ4n) is 2.19. The highest BCUT2D eigenvalue weighted by atomic mass is 16.5. The number of rotatable bonds is 3. The minimum Gasteiger partial charge on any atom is -0.361 e. The van der Waals surface area contributed by atoms with E-state index >= 15 is 0 Å². The molecule has 6 heteroatoms. The average molecular weight is 265 g/mol. The predicted octanol–water partition coefficient (Wildman–Crippen LogP) is 1.11. The van der Waals surface area contributed by atoms with E-state index in [2.05, 4.69) is 10.5 Å². The predicted molar refractivity (Wildman–Crippen MR) is 68.6 cm³/mol. The van der Waals surface area contributed by atoms with Gasteiger partial charge in [0.05, 0.1) is 0 Å². The molecule has 1 N–H and O–H groups in total. The van der Waals surface area contributed by atoms with Crippen molar-refractivity contribution in [2.45, 2.75) is 39.2 Å². The number of amides is 2. The average Bonchev–Trinajstić information content (AvgIpc) is 2.85. The summed E-state index contributed by atoms with van der Waals surface area (Å²) in [6, 6.07) is 1.01. The molecule has 1 saturated heterocycles. The summed E-state index contributed by atoms with van der Waals surface area (Å²) in [6.45, 7) is 4.97. The molecule has 19 heavy (non-hydrogen) atoms. The molecular weight excluding hydrogens is 246 g/mol. The zero-order valence-electron chi connectivity index (χ0n) is 11.3. The molecule has 0 aromatic carbocycles. The standard InChI is InChI=1S/C13H19N3O3/c1-9-8-11(15-19-9)12(17)14-10(2)13(18)16-6-4-3-5-7-16/h8,10H,3-7H2,1-2H3,(H,14,17). The largest absolute Gasteiger partial charge is 0.361 e. The molecule has 0 spiro atoms. The highest BCUT2D eigenvalue weighted by Crippen LogP contribution is 2.10. The minimum atomic E-state index is -0.539. The van der Waals surface area contributed by atoms with E-state index in [4.69, 9.17) is 4.52 Å². The van der Waals surface area contributed by atoms with Gasteiger partial charge in [0.15, 0.2) is 5.69 Å². The maximum Gasteiger partial charge on any atom is 0.274 e. The minimum absolute atomic E-state index is 0.0340. The van der Waals surface area contributed by atoms with Gasteiger partial charge < -0.3 is 14.7 Å². The maximum atomic E-state index is 12.1. The Morgan fingerprint density at radius 2 is 2.05 bits per heavy atom. The Kier molecular flexibility index (Phi) is 4.19. The van der Waals surface area contributed by atoms with Gasteiger partial charge in [0.1, 0.15) is 11.8 Å². The molecule has 2 rings (SSSR count). The third-order valence-corrected chi connectivity index (χ3v) is 3.25. The van der Waals surface area contributed by atoms with Gasteiger partial charge in [0.25, 0.3) is 5.91 Å². The maximum absolute atomic E-state index is 12.1. The summed E-state index contributed by atoms with van der Waals surface area (Å²) in [6.07, 6.45) is 3.24. The van der Waals surface area contributed by atoms with Gasteiger partial charge in [0, 0.05) is 19.2 Å². The fraction of sp³-hybridized carbons (Fsp3) is 0.615. The first kappa shape index (κ1) is 13.6. The third-order valence-electron chi connectivity index (χ3n) is 3.25. The normalized spacial score (nSPS) is 17.1. The van der Waals surface area contributed by atoms with Crippen LogP contribution in [-0.2, 0) is 4.79 Å². The topological polar surface area (TPSA) is 75.4 Å². The molecule has 1 fully saturated rings. The molecule has 6 nitrogen and oxygen atoms in total. The summed E-state index contributed by atoms with van der Waals surface area (Å²) in [5.41, 5.74) is 0.204. The quantitative estimate of drug-likeness (QED) is 0.888. The number of carbonyl (C=O) groups is 2. The molecule has 1 aliphatic heterocycles. The Hall–Kier alpha value is -1.85. The lowest BCUT2D eigenvalue weighted by molar-refractivity contribution is -0.133. The number of nitrogens with one attached hydrogen (secondary N) is 1. The van der Waals surface area contributed by atoms with Crippen molar-refractivity contribution >= 4 is 11.8 Å². The van der Waals surface area contributed by atoms with Gasteiger partial charge in [-0.05, 0) is 33.1 Å². The van der Waals surface area contributed by atoms with Gasteiger partial charge in [-0.15, -0.1) is 0 Å². The van der Waals surface area contributed by atoms with E-state index in [1.165, 1.54) is 6.42 Å². The van der Waals surface area contributed by atoms with Crippen LogP contribution in [0, 0.1) is 6.92 Å². The van der Waals surface area contributed by atoms with E-state index in [0.717, 1.165) is 25.9 Å². The van der Waals surface area contributed by atoms with Gasteiger partial charge in [-0.25, -0.2) is 0 Å². The number of hydrogen-bond acceptors (Lipinski definition) is 4. The summed E-state index contributed by atoms with van der Waals surface area (Å²) in [5.74, 6) is 0.156. The number of aryl methyl sites for hydroxylation is 1. The van der Waals surface area contributed by atoms with Crippen LogP contribution in [0.3, 0.4) is 0 Å². The lowest BCUT2D eigenvalue weighted by Crippen LogP contribution is -2.48. The second-order valence-electron chi connectivity index (χ2n) is 4.90. The van der Waals surface area contributed by atoms with E-state index in [9.17, 15) is 9.59 Å². The third kappa shape index (κ3) is 3.33. The summed E-state index contributed by atoms with van der Waals surface area (Å²) >= 11 is 0. The summed E-state index contributed by atoms with van der Waals surface area (Å²) < 4.78 is 4.84. The molecule has 1 unspecified atom stereocenters. The van der Waals surface area contributed by atoms with E-state index in [0.29, 0.717) is 5.76 Å². The first-order valence-corrected chi connectivity index (χ1v) is 6.61. The Balaban J connectivity index is 1.91. The van der Waals surface area contributed by atoms with Crippen molar-refractivity contribution < 1.29 is 14.1 Å². The second-order valence-corrected chi connectivity index (χ2v) is 4.90. The van der Waals surface area contributed by atoms with Crippen molar-refractivity contribution in [3.05, 3.63) is 17.5 Å². The lowest BCUT2D eigenvalue weighted by Gasteiger charge is -2.29. The molecule has 1 atom stereocenters. The monoisotopic (exact) mass is 265 g/mol. The molecule has 104 valence electrons. The van der Waals surface area contributed by atoms with Crippen molar-refractivity contribution in [1.29, 1.82) is 0 Å². The van der Waals surface area contributed by atoms with Crippen LogP contribution in [0.4, 0.5) is 0 Å². The zero-order valence-corrected chi connectivity index (χ0v) is 11.3. The van der Waals surface area contributed by atoms with Crippen molar-refractivity contribution in [3.63, 3.8) is 0 Å². The zero-order chi connectivity index (χ0) is 13.8. The number of nitrogens with zero attached hydrogens (tertiary/aromatic N) is 2. The molecule has 0 bridgehead atoms. The Morgan fingerprint density at radius 1 is 1.37 bits per heavy atom. The number of aromatic nitrogens is 1. The first-order chi connectivity index (χ1) is 9.08. The molecule has 1 aromatic rings. The van der Waals surface area contributed by atoms with Crippen molar-refractivity contribution in [1.82, 2.24) is 15.4 Å². The van der Waals surface area contributed by atoms with Crippen molar-refractivity contribution in [2.24, 2.45) is 0 Å². The SMILES string of the molecule is Cc1cc(C(=O)NC(C)C(=O)N2CCCCC2)no1. The van der Waals surface area contributed by atoms with Gasteiger partial charge in [-0.2, -0.15) is 0 Å². The van der Waals surface area contributed by atoms with E-state index in [1.54, 1.807) is 19.9 Å². The van der Waals surface area contributed by atoms with E-state index in [1.807, 2.05) is 4.90 Å². The van der Waals surface area contributed by atoms with Gasteiger partial charge in [-0.1, -0.05) is 5.16 Å². The molecule has 1 aromatic heterocycles. The van der Waals surface area contributed by atoms with Crippen LogP contribution in [0.15, 0.2) is 10.6 Å². The molecule has 0 saturated carbocycles. The van der Waals surface area contributed by atoms with Crippen LogP contribution in [0.1, 0.15) is 42.4 Å². The second kappa shape index (κ2) is 5.86. The van der Waals surface area contributed by atoms with Crippen LogP contribution < -0.4 is 5.32 Å². The summed E-state index contributed by atoms with van der Waals surface area (Å²) in [4.78, 5) is 25.8. The summed E-state index contributed by atoms with van der Waals surface area (Å²) in [7, 11) is 0. The van der Waals surface area contributed by atoms with E-state index in [-0.39, 0.29) is 17.5 Å². The lowest BCUT2D eigenvalue weighted by atomic mass is 10.1. The Labute approximate surface area is 112 Å². The molecule has 0 aliphatic carbocycles. The van der Waals surface area contributed by atoms with E-state index < -0.39 is 6.04 Å². The van der Waals surface area contributed by atoms with Crippen LogP contribution in [0.5, 0.6) is 0 Å². The highest BCUT2D eigenvalue weighted by Gasteiger charge is 2.24. The summed E-state index contributed by atoms with van der Waals surface area (Å²) in [5, 5.41) is 6.28. The molecule has 2 amide bonds. The van der Waals surface area contributed by atoms with Crippen LogP contribution in [0.25, 0.3) is 0 Å². The van der Waals surface area contributed by atoms with Gasteiger partial charge in [-0.3, -0.25) is 9.59 Å². The Morgan fingerprint density at radius 3 is 2.63 bits per heavy atom. The molecular formula is C13H19N3O3. The van der Waals surface area contributed by atoms with Crippen LogP contribution >= 0.6 is 0 Å². The number of likely N-dealkylation sites (tertiary alicyclic amines) is 1. The molecule has 1 aliphatic rings. The first-order valence-electron chi connectivity index (χ1n) is 6.61. The number of hydrogen-bond donors (Lipinski definition) is 1.